The van der Waals surface area contributed by atoms with Crippen molar-refractivity contribution in [1.29, 1.82) is 0 Å². The Balaban J connectivity index is 2.53. The third-order valence-corrected chi connectivity index (χ3v) is 6.85. The molecule has 0 aromatic carbocycles. The number of nitrogens with one attached hydrogen (secondary N) is 2. The van der Waals surface area contributed by atoms with Gasteiger partial charge < -0.3 is 4.90 Å². The summed E-state index contributed by atoms with van der Waals surface area (Å²) in [5, 5.41) is 0. The van der Waals surface area contributed by atoms with Gasteiger partial charge in [-0.2, -0.15) is 17.9 Å². The van der Waals surface area contributed by atoms with Gasteiger partial charge in [-0.05, 0) is 37.2 Å². The number of hydrogen-bond donors (Lipinski definition) is 2. The Morgan fingerprint density at radius 2 is 1.43 bits per heavy atom. The van der Waals surface area contributed by atoms with Crippen molar-refractivity contribution in [2.75, 3.05) is 6.54 Å². The number of fused-ring (bicyclic) bond motifs is 1. The minimum Gasteiger partial charge on any atom is -0.332 e. The summed E-state index contributed by atoms with van der Waals surface area (Å²) in [6, 6.07) is -0.121. The van der Waals surface area contributed by atoms with Crippen LogP contribution in [0.25, 0.3) is 0 Å². The molecule has 7 heteroatoms. The van der Waals surface area contributed by atoms with E-state index in [1.54, 1.807) is 0 Å². The van der Waals surface area contributed by atoms with E-state index in [1.807, 2.05) is 20.8 Å². The fraction of sp³-hybridized carbons (Fsp3) is 0.870. The topological polar surface area (TPSA) is 73.8 Å². The second-order valence-electron chi connectivity index (χ2n) is 13.1. The standard InChI is InChI=1S/C23H44N4O2S/c1-20(2,3)17-16-13-15(25-30(28,29)26-23(10,11)12)14-27(16)19(22(7,8)9)24-18(17)21(4,5)6/h15,18,25-26H,13-14H2,1-12H3. The zero-order chi connectivity index (χ0) is 23.5. The summed E-state index contributed by atoms with van der Waals surface area (Å²) in [7, 11) is -3.60. The van der Waals surface area contributed by atoms with Crippen LogP contribution in [0.2, 0.25) is 0 Å². The molecule has 2 aliphatic rings. The Morgan fingerprint density at radius 1 is 0.900 bits per heavy atom. The highest BCUT2D eigenvalue weighted by Gasteiger charge is 2.47. The zero-order valence-corrected chi connectivity index (χ0v) is 22.0. The van der Waals surface area contributed by atoms with E-state index in [4.69, 9.17) is 4.99 Å². The lowest BCUT2D eigenvalue weighted by Crippen LogP contribution is -2.51. The lowest BCUT2D eigenvalue weighted by molar-refractivity contribution is 0.285. The van der Waals surface area contributed by atoms with Crippen LogP contribution < -0.4 is 9.44 Å². The first kappa shape index (κ1) is 25.3. The molecule has 2 aliphatic heterocycles. The van der Waals surface area contributed by atoms with Crippen molar-refractivity contribution < 1.29 is 8.42 Å². The van der Waals surface area contributed by atoms with Crippen LogP contribution in [0.5, 0.6) is 0 Å². The van der Waals surface area contributed by atoms with Crippen molar-refractivity contribution in [2.24, 2.45) is 21.2 Å². The van der Waals surface area contributed by atoms with E-state index < -0.39 is 15.7 Å². The molecule has 0 spiro atoms. The summed E-state index contributed by atoms with van der Waals surface area (Å²) in [6.07, 6.45) is 0.680. The van der Waals surface area contributed by atoms with E-state index in [0.29, 0.717) is 13.0 Å². The Labute approximate surface area is 185 Å². The maximum Gasteiger partial charge on any atom is 0.277 e. The molecule has 2 heterocycles. The van der Waals surface area contributed by atoms with Gasteiger partial charge in [0.25, 0.3) is 10.2 Å². The molecule has 0 aliphatic carbocycles. The third kappa shape index (κ3) is 5.86. The molecular formula is C23H44N4O2S. The molecule has 0 aromatic rings. The normalized spacial score (nSPS) is 24.3. The molecule has 1 fully saturated rings. The van der Waals surface area contributed by atoms with Crippen LogP contribution in [0.15, 0.2) is 16.3 Å². The number of nitrogens with zero attached hydrogens (tertiary/aromatic N) is 2. The van der Waals surface area contributed by atoms with E-state index in [0.717, 1.165) is 5.84 Å². The van der Waals surface area contributed by atoms with Crippen LogP contribution in [-0.2, 0) is 10.2 Å². The first-order valence-corrected chi connectivity index (χ1v) is 12.5. The SMILES string of the molecule is CC(C)(C)NS(=O)(=O)NC1CC2=C(C(C)(C)C)C(C(C)(C)C)N=C(C(C)(C)C)N2C1. The second kappa shape index (κ2) is 7.59. The maximum atomic E-state index is 12.7. The average molecular weight is 441 g/mol. The van der Waals surface area contributed by atoms with Crippen molar-refractivity contribution in [1.82, 2.24) is 14.3 Å². The minimum atomic E-state index is -3.60. The molecule has 174 valence electrons. The number of rotatable bonds is 3. The predicted molar refractivity (Wildman–Crippen MR) is 127 cm³/mol. The summed E-state index contributed by atoms with van der Waals surface area (Å²) >= 11 is 0. The van der Waals surface area contributed by atoms with Gasteiger partial charge in [-0.25, -0.2) is 0 Å². The third-order valence-electron chi connectivity index (χ3n) is 5.32. The number of aliphatic imine (C=N–C) groups is 1. The van der Waals surface area contributed by atoms with E-state index >= 15 is 0 Å². The fourth-order valence-electron chi connectivity index (χ4n) is 4.42. The molecule has 2 unspecified atom stereocenters. The van der Waals surface area contributed by atoms with E-state index in [-0.39, 0.29) is 28.3 Å². The Bertz CT molecular complexity index is 828. The molecule has 6 nitrogen and oxygen atoms in total. The summed E-state index contributed by atoms with van der Waals surface area (Å²) in [6.45, 7) is 26.1. The number of amidine groups is 1. The Hall–Kier alpha value is -0.920. The van der Waals surface area contributed by atoms with E-state index in [9.17, 15) is 8.42 Å². The van der Waals surface area contributed by atoms with E-state index in [1.165, 1.54) is 11.3 Å². The summed E-state index contributed by atoms with van der Waals surface area (Å²) in [5.41, 5.74) is 1.83. The summed E-state index contributed by atoms with van der Waals surface area (Å²) < 4.78 is 31.0. The van der Waals surface area contributed by atoms with Crippen LogP contribution in [0, 0.1) is 16.2 Å². The highest BCUT2D eigenvalue weighted by Crippen LogP contribution is 2.47. The molecule has 30 heavy (non-hydrogen) atoms. The Kier molecular flexibility index (Phi) is 6.41. The highest BCUT2D eigenvalue weighted by atomic mass is 32.2. The molecule has 0 bridgehead atoms. The van der Waals surface area contributed by atoms with Gasteiger partial charge in [0.1, 0.15) is 5.84 Å². The molecule has 2 rings (SSSR count). The van der Waals surface area contributed by atoms with Crippen LogP contribution in [0.1, 0.15) is 89.5 Å². The first-order chi connectivity index (χ1) is 13.1. The molecule has 0 amide bonds. The van der Waals surface area contributed by atoms with Gasteiger partial charge in [0.15, 0.2) is 0 Å². The molecular weight excluding hydrogens is 396 g/mol. The molecule has 0 aromatic heterocycles. The first-order valence-electron chi connectivity index (χ1n) is 11.0. The van der Waals surface area contributed by atoms with Crippen LogP contribution in [-0.4, -0.2) is 43.3 Å². The molecule has 1 saturated heterocycles. The molecule has 0 saturated carbocycles. The van der Waals surface area contributed by atoms with Crippen molar-refractivity contribution in [3.05, 3.63) is 11.3 Å². The van der Waals surface area contributed by atoms with Gasteiger partial charge in [-0.1, -0.05) is 62.3 Å². The van der Waals surface area contributed by atoms with Gasteiger partial charge in [0.2, 0.25) is 0 Å². The van der Waals surface area contributed by atoms with Crippen molar-refractivity contribution in [2.45, 2.75) is 107 Å². The Morgan fingerprint density at radius 3 is 1.83 bits per heavy atom. The van der Waals surface area contributed by atoms with Crippen molar-refractivity contribution in [3.63, 3.8) is 0 Å². The van der Waals surface area contributed by atoms with Crippen molar-refractivity contribution >= 4 is 16.0 Å². The largest absolute Gasteiger partial charge is 0.332 e. The van der Waals surface area contributed by atoms with Gasteiger partial charge in [-0.3, -0.25) is 4.99 Å². The summed E-state index contributed by atoms with van der Waals surface area (Å²) in [5.74, 6) is 1.05. The van der Waals surface area contributed by atoms with Gasteiger partial charge in [-0.15, -0.1) is 0 Å². The minimum absolute atomic E-state index is 0.0242. The maximum absolute atomic E-state index is 12.7. The lowest BCUT2D eigenvalue weighted by Gasteiger charge is -2.45. The lowest BCUT2D eigenvalue weighted by atomic mass is 9.70. The van der Waals surface area contributed by atoms with Crippen LogP contribution in [0.3, 0.4) is 0 Å². The van der Waals surface area contributed by atoms with Gasteiger partial charge in [0.05, 0.1) is 6.04 Å². The zero-order valence-electron chi connectivity index (χ0n) is 21.2. The van der Waals surface area contributed by atoms with E-state index in [2.05, 4.69) is 76.7 Å². The van der Waals surface area contributed by atoms with Gasteiger partial charge >= 0.3 is 0 Å². The van der Waals surface area contributed by atoms with Crippen molar-refractivity contribution in [3.8, 4) is 0 Å². The number of hydrogen-bond acceptors (Lipinski definition) is 4. The quantitative estimate of drug-likeness (QED) is 0.680. The molecule has 2 atom stereocenters. The van der Waals surface area contributed by atoms with Gasteiger partial charge in [0, 0.05) is 35.7 Å². The highest BCUT2D eigenvalue weighted by molar-refractivity contribution is 7.87. The smallest absolute Gasteiger partial charge is 0.277 e. The monoisotopic (exact) mass is 440 g/mol. The molecule has 0 radical (unpaired) electrons. The predicted octanol–water partition coefficient (Wildman–Crippen LogP) is 4.46. The average Bonchev–Trinajstić information content (AvgIpc) is 2.80. The van der Waals surface area contributed by atoms with Crippen LogP contribution >= 0.6 is 0 Å². The van der Waals surface area contributed by atoms with Crippen LogP contribution in [0.4, 0.5) is 0 Å². The fourth-order valence-corrected chi connectivity index (χ4v) is 5.88. The summed E-state index contributed by atoms with van der Waals surface area (Å²) in [4.78, 5) is 7.58. The second-order valence-corrected chi connectivity index (χ2v) is 14.5. The molecule has 2 N–H and O–H groups in total.